The summed E-state index contributed by atoms with van der Waals surface area (Å²) in [5.41, 5.74) is 1.37. The van der Waals surface area contributed by atoms with Gasteiger partial charge in [0.15, 0.2) is 0 Å². The summed E-state index contributed by atoms with van der Waals surface area (Å²) in [4.78, 5) is 2.42. The van der Waals surface area contributed by atoms with Crippen LogP contribution in [0.5, 0.6) is 0 Å². The molecule has 0 saturated carbocycles. The lowest BCUT2D eigenvalue weighted by atomic mass is 9.97. The molecule has 2 unspecified atom stereocenters. The second kappa shape index (κ2) is 5.98. The molecule has 2 nitrogen and oxygen atoms in total. The van der Waals surface area contributed by atoms with Gasteiger partial charge in [0.2, 0.25) is 0 Å². The van der Waals surface area contributed by atoms with Crippen LogP contribution in [-0.4, -0.2) is 31.6 Å². The zero-order valence-corrected chi connectivity index (χ0v) is 12.2. The molecule has 1 aliphatic rings. The predicted molar refractivity (Wildman–Crippen MR) is 76.0 cm³/mol. The van der Waals surface area contributed by atoms with Gasteiger partial charge in [0.1, 0.15) is 0 Å². The Morgan fingerprint density at radius 3 is 2.76 bits per heavy atom. The number of nitrogens with one attached hydrogen (secondary N) is 1. The highest BCUT2D eigenvalue weighted by Crippen LogP contribution is 2.20. The first-order valence-corrected chi connectivity index (χ1v) is 7.09. The van der Waals surface area contributed by atoms with Crippen LogP contribution in [0.3, 0.4) is 0 Å². The highest BCUT2D eigenvalue weighted by molar-refractivity contribution is 9.10. The minimum atomic E-state index is 0.794. The summed E-state index contributed by atoms with van der Waals surface area (Å²) in [6, 6.07) is 8.48. The number of halogens is 1. The highest BCUT2D eigenvalue weighted by Gasteiger charge is 2.24. The van der Waals surface area contributed by atoms with Crippen molar-refractivity contribution in [3.63, 3.8) is 0 Å². The fourth-order valence-corrected chi connectivity index (χ4v) is 2.90. The van der Waals surface area contributed by atoms with E-state index < -0.39 is 0 Å². The molecule has 1 aromatic rings. The van der Waals surface area contributed by atoms with Gasteiger partial charge in [0.05, 0.1) is 0 Å². The normalized spacial score (nSPS) is 24.5. The molecule has 0 bridgehead atoms. The van der Waals surface area contributed by atoms with Crippen molar-refractivity contribution in [2.75, 3.05) is 26.7 Å². The molecule has 0 radical (unpaired) electrons. The third-order valence-electron chi connectivity index (χ3n) is 3.62. The molecule has 1 fully saturated rings. The largest absolute Gasteiger partial charge is 0.316 e. The average Bonchev–Trinajstić information content (AvgIpc) is 2.68. The Morgan fingerprint density at radius 2 is 2.12 bits per heavy atom. The Labute approximate surface area is 113 Å². The lowest BCUT2D eigenvalue weighted by Gasteiger charge is -2.23. The maximum absolute atomic E-state index is 3.61. The summed E-state index contributed by atoms with van der Waals surface area (Å²) in [7, 11) is 2.21. The van der Waals surface area contributed by atoms with Crippen LogP contribution in [0, 0.1) is 11.8 Å². The molecule has 94 valence electrons. The highest BCUT2D eigenvalue weighted by atomic mass is 79.9. The molecule has 17 heavy (non-hydrogen) atoms. The molecular weight excluding hydrogens is 276 g/mol. The van der Waals surface area contributed by atoms with E-state index in [2.05, 4.69) is 64.4 Å². The minimum Gasteiger partial charge on any atom is -0.316 e. The van der Waals surface area contributed by atoms with Crippen molar-refractivity contribution in [2.45, 2.75) is 13.5 Å². The van der Waals surface area contributed by atoms with Crippen LogP contribution in [-0.2, 0) is 6.54 Å². The van der Waals surface area contributed by atoms with Crippen LogP contribution in [0.15, 0.2) is 28.7 Å². The van der Waals surface area contributed by atoms with Gasteiger partial charge < -0.3 is 10.2 Å². The molecule has 1 saturated heterocycles. The molecule has 0 amide bonds. The van der Waals surface area contributed by atoms with E-state index in [1.54, 1.807) is 0 Å². The van der Waals surface area contributed by atoms with Crippen LogP contribution < -0.4 is 5.32 Å². The van der Waals surface area contributed by atoms with Crippen molar-refractivity contribution in [1.82, 2.24) is 10.2 Å². The minimum absolute atomic E-state index is 0.794. The average molecular weight is 297 g/mol. The number of rotatable bonds is 4. The third kappa shape index (κ3) is 3.54. The van der Waals surface area contributed by atoms with Gasteiger partial charge in [-0.2, -0.15) is 0 Å². The van der Waals surface area contributed by atoms with E-state index in [4.69, 9.17) is 0 Å². The molecule has 3 heteroatoms. The van der Waals surface area contributed by atoms with Gasteiger partial charge in [-0.15, -0.1) is 0 Å². The van der Waals surface area contributed by atoms with Crippen molar-refractivity contribution >= 4 is 15.9 Å². The first-order chi connectivity index (χ1) is 8.16. The third-order valence-corrected chi connectivity index (χ3v) is 4.40. The fourth-order valence-electron chi connectivity index (χ4n) is 2.49. The van der Waals surface area contributed by atoms with Crippen LogP contribution in [0.1, 0.15) is 12.5 Å². The molecule has 1 heterocycles. The quantitative estimate of drug-likeness (QED) is 0.919. The topological polar surface area (TPSA) is 15.3 Å². The van der Waals surface area contributed by atoms with Crippen LogP contribution in [0.4, 0.5) is 0 Å². The number of benzene rings is 1. The van der Waals surface area contributed by atoms with Gasteiger partial charge >= 0.3 is 0 Å². The van der Waals surface area contributed by atoms with E-state index in [0.717, 1.165) is 18.4 Å². The zero-order chi connectivity index (χ0) is 12.3. The Balaban J connectivity index is 1.89. The molecule has 2 rings (SSSR count). The van der Waals surface area contributed by atoms with Gasteiger partial charge in [0.25, 0.3) is 0 Å². The van der Waals surface area contributed by atoms with Gasteiger partial charge in [-0.05, 0) is 43.6 Å². The lowest BCUT2D eigenvalue weighted by molar-refractivity contribution is 0.252. The van der Waals surface area contributed by atoms with Crippen molar-refractivity contribution in [1.29, 1.82) is 0 Å². The molecular formula is C14H21BrN2. The molecule has 0 aliphatic carbocycles. The summed E-state index contributed by atoms with van der Waals surface area (Å²) in [6.45, 7) is 6.88. The number of hydrogen-bond donors (Lipinski definition) is 1. The summed E-state index contributed by atoms with van der Waals surface area (Å²) in [6.07, 6.45) is 0. The second-order valence-corrected chi connectivity index (χ2v) is 6.04. The first-order valence-electron chi connectivity index (χ1n) is 6.29. The Kier molecular flexibility index (Phi) is 4.60. The van der Waals surface area contributed by atoms with E-state index in [1.807, 2.05) is 0 Å². The number of hydrogen-bond acceptors (Lipinski definition) is 2. The van der Waals surface area contributed by atoms with Crippen LogP contribution >= 0.6 is 15.9 Å². The summed E-state index contributed by atoms with van der Waals surface area (Å²) < 4.78 is 1.21. The fraction of sp³-hybridized carbons (Fsp3) is 0.571. The number of nitrogens with zero attached hydrogens (tertiary/aromatic N) is 1. The molecule has 1 N–H and O–H groups in total. The summed E-state index contributed by atoms with van der Waals surface area (Å²) in [5, 5.41) is 3.47. The van der Waals surface area contributed by atoms with Gasteiger partial charge in [-0.3, -0.25) is 0 Å². The monoisotopic (exact) mass is 296 g/mol. The molecule has 0 spiro atoms. The van der Waals surface area contributed by atoms with Gasteiger partial charge in [-0.25, -0.2) is 0 Å². The standard InChI is InChI=1S/C14H21BrN2/c1-11-7-16-8-13(11)10-17(2)9-12-5-3-4-6-14(12)15/h3-6,11,13,16H,7-10H2,1-2H3. The maximum Gasteiger partial charge on any atom is 0.0242 e. The lowest BCUT2D eigenvalue weighted by Crippen LogP contribution is -2.29. The van der Waals surface area contributed by atoms with Crippen molar-refractivity contribution < 1.29 is 0 Å². The predicted octanol–water partition coefficient (Wildman–Crippen LogP) is 2.74. The van der Waals surface area contributed by atoms with Crippen molar-refractivity contribution in [2.24, 2.45) is 11.8 Å². The molecule has 1 aliphatic heterocycles. The molecule has 2 atom stereocenters. The van der Waals surface area contributed by atoms with E-state index in [0.29, 0.717) is 0 Å². The zero-order valence-electron chi connectivity index (χ0n) is 10.6. The van der Waals surface area contributed by atoms with E-state index in [-0.39, 0.29) is 0 Å². The molecule has 1 aromatic carbocycles. The van der Waals surface area contributed by atoms with Crippen LogP contribution in [0.25, 0.3) is 0 Å². The van der Waals surface area contributed by atoms with E-state index in [1.165, 1.54) is 29.7 Å². The maximum atomic E-state index is 3.61. The summed E-state index contributed by atoms with van der Waals surface area (Å²) >= 11 is 3.61. The second-order valence-electron chi connectivity index (χ2n) is 5.18. The van der Waals surface area contributed by atoms with Gasteiger partial charge in [-0.1, -0.05) is 41.1 Å². The van der Waals surface area contributed by atoms with E-state index in [9.17, 15) is 0 Å². The van der Waals surface area contributed by atoms with Crippen molar-refractivity contribution in [3.05, 3.63) is 34.3 Å². The Hall–Kier alpha value is -0.380. The summed E-state index contributed by atoms with van der Waals surface area (Å²) in [5.74, 6) is 1.60. The SMILES string of the molecule is CC1CNCC1CN(C)Cc1ccccc1Br. The first kappa shape index (κ1) is 13.1. The van der Waals surface area contributed by atoms with Crippen LogP contribution in [0.2, 0.25) is 0 Å². The van der Waals surface area contributed by atoms with Crippen molar-refractivity contribution in [3.8, 4) is 0 Å². The molecule has 0 aromatic heterocycles. The van der Waals surface area contributed by atoms with E-state index >= 15 is 0 Å². The smallest absolute Gasteiger partial charge is 0.0242 e. The Bertz CT molecular complexity index is 367. The Morgan fingerprint density at radius 1 is 1.35 bits per heavy atom. The van der Waals surface area contributed by atoms with Gasteiger partial charge in [0, 0.05) is 17.6 Å².